The number of anilines is 1. The van der Waals surface area contributed by atoms with Gasteiger partial charge in [-0.05, 0) is 30.8 Å². The van der Waals surface area contributed by atoms with Gasteiger partial charge in [-0.1, -0.05) is 6.92 Å². The molecule has 1 unspecified atom stereocenters. The highest BCUT2D eigenvalue weighted by Gasteiger charge is 2.24. The second-order valence-electron chi connectivity index (χ2n) is 6.45. The second-order valence-corrected chi connectivity index (χ2v) is 6.45. The van der Waals surface area contributed by atoms with E-state index < -0.39 is 0 Å². The fourth-order valence-electron chi connectivity index (χ4n) is 3.37. The lowest BCUT2D eigenvalue weighted by molar-refractivity contribution is -0.0167. The Hall–Kier alpha value is -1.63. The summed E-state index contributed by atoms with van der Waals surface area (Å²) in [6, 6.07) is 8.01. The average Bonchev–Trinajstić information content (AvgIpc) is 2.67. The van der Waals surface area contributed by atoms with Gasteiger partial charge in [0.1, 0.15) is 0 Å². The zero-order valence-corrected chi connectivity index (χ0v) is 14.5. The van der Waals surface area contributed by atoms with Gasteiger partial charge >= 0.3 is 0 Å². The molecule has 2 N–H and O–H groups in total. The van der Waals surface area contributed by atoms with Crippen molar-refractivity contribution in [1.82, 2.24) is 9.80 Å². The first kappa shape index (κ1) is 17.2. The average molecular weight is 332 g/mol. The molecule has 1 amide bonds. The SMILES string of the molecule is CCN1CCN(c2ccc(C(=O)N3CCOC(CN)C3)cc2)CC1. The van der Waals surface area contributed by atoms with Crippen LogP contribution in [-0.4, -0.2) is 80.8 Å². The van der Waals surface area contributed by atoms with Gasteiger partial charge in [-0.3, -0.25) is 4.79 Å². The summed E-state index contributed by atoms with van der Waals surface area (Å²) < 4.78 is 5.53. The molecule has 0 aromatic heterocycles. The van der Waals surface area contributed by atoms with E-state index in [9.17, 15) is 4.79 Å². The highest BCUT2D eigenvalue weighted by atomic mass is 16.5. The van der Waals surface area contributed by atoms with Crippen molar-refractivity contribution in [2.24, 2.45) is 5.73 Å². The largest absolute Gasteiger partial charge is 0.373 e. The Morgan fingerprint density at radius 1 is 1.17 bits per heavy atom. The Balaban J connectivity index is 1.61. The summed E-state index contributed by atoms with van der Waals surface area (Å²) in [4.78, 5) is 19.3. The van der Waals surface area contributed by atoms with E-state index in [2.05, 4.69) is 28.9 Å². The number of morpholine rings is 1. The first-order valence-corrected chi connectivity index (χ1v) is 8.89. The molecule has 24 heavy (non-hydrogen) atoms. The summed E-state index contributed by atoms with van der Waals surface area (Å²) in [5.41, 5.74) is 7.59. The summed E-state index contributed by atoms with van der Waals surface area (Å²) in [6.07, 6.45) is -0.0446. The number of amides is 1. The third-order valence-electron chi connectivity index (χ3n) is 4.99. The minimum Gasteiger partial charge on any atom is -0.373 e. The van der Waals surface area contributed by atoms with E-state index in [4.69, 9.17) is 10.5 Å². The molecule has 0 bridgehead atoms. The molecule has 0 saturated carbocycles. The van der Waals surface area contributed by atoms with Crippen molar-refractivity contribution < 1.29 is 9.53 Å². The van der Waals surface area contributed by atoms with E-state index in [1.54, 1.807) is 0 Å². The van der Waals surface area contributed by atoms with E-state index >= 15 is 0 Å². The molecule has 1 atom stereocenters. The number of carbonyl (C=O) groups excluding carboxylic acids is 1. The predicted octanol–water partition coefficient (Wildman–Crippen LogP) is 0.628. The highest BCUT2D eigenvalue weighted by Crippen LogP contribution is 2.19. The van der Waals surface area contributed by atoms with Crippen molar-refractivity contribution in [2.75, 3.05) is 63.9 Å². The lowest BCUT2D eigenvalue weighted by atomic mass is 10.1. The van der Waals surface area contributed by atoms with Crippen LogP contribution in [0.3, 0.4) is 0 Å². The summed E-state index contributed by atoms with van der Waals surface area (Å²) in [6.45, 7) is 9.84. The van der Waals surface area contributed by atoms with Crippen molar-refractivity contribution in [1.29, 1.82) is 0 Å². The molecular weight excluding hydrogens is 304 g/mol. The van der Waals surface area contributed by atoms with Crippen LogP contribution in [0.1, 0.15) is 17.3 Å². The van der Waals surface area contributed by atoms with Crippen LogP contribution in [0.4, 0.5) is 5.69 Å². The molecular formula is C18H28N4O2. The molecule has 0 spiro atoms. The number of hydrogen-bond donors (Lipinski definition) is 1. The van der Waals surface area contributed by atoms with Gasteiger partial charge < -0.3 is 25.2 Å². The first-order chi connectivity index (χ1) is 11.7. The maximum absolute atomic E-state index is 12.6. The van der Waals surface area contributed by atoms with Gasteiger partial charge in [0.05, 0.1) is 12.7 Å². The molecule has 132 valence electrons. The number of nitrogens with zero attached hydrogens (tertiary/aromatic N) is 3. The van der Waals surface area contributed by atoms with Crippen molar-refractivity contribution in [3.05, 3.63) is 29.8 Å². The Bertz CT molecular complexity index is 540. The lowest BCUT2D eigenvalue weighted by Gasteiger charge is -2.35. The topological polar surface area (TPSA) is 62.0 Å². The molecule has 2 heterocycles. The Kier molecular flexibility index (Phi) is 5.71. The monoisotopic (exact) mass is 332 g/mol. The predicted molar refractivity (Wildman–Crippen MR) is 95.5 cm³/mol. The van der Waals surface area contributed by atoms with Gasteiger partial charge in [-0.15, -0.1) is 0 Å². The van der Waals surface area contributed by atoms with E-state index in [-0.39, 0.29) is 12.0 Å². The van der Waals surface area contributed by atoms with Crippen LogP contribution in [0.2, 0.25) is 0 Å². The maximum Gasteiger partial charge on any atom is 0.254 e. The molecule has 2 saturated heterocycles. The van der Waals surface area contributed by atoms with Crippen molar-refractivity contribution >= 4 is 11.6 Å². The number of hydrogen-bond acceptors (Lipinski definition) is 5. The molecule has 2 fully saturated rings. The third-order valence-corrected chi connectivity index (χ3v) is 4.99. The fourth-order valence-corrected chi connectivity index (χ4v) is 3.37. The quantitative estimate of drug-likeness (QED) is 0.876. The number of ether oxygens (including phenoxy) is 1. The molecule has 1 aromatic carbocycles. The standard InChI is InChI=1S/C18H28N4O2/c1-2-20-7-9-21(10-8-20)16-5-3-15(4-6-16)18(23)22-11-12-24-17(13-19)14-22/h3-6,17H,2,7-14,19H2,1H3. The van der Waals surface area contributed by atoms with Crippen LogP contribution >= 0.6 is 0 Å². The number of likely N-dealkylation sites (N-methyl/N-ethyl adjacent to an activating group) is 1. The van der Waals surface area contributed by atoms with E-state index in [0.717, 1.165) is 38.3 Å². The number of piperazine rings is 1. The normalized spacial score (nSPS) is 22.7. The van der Waals surface area contributed by atoms with Crippen LogP contribution in [-0.2, 0) is 4.74 Å². The van der Waals surface area contributed by atoms with Crippen LogP contribution in [0.5, 0.6) is 0 Å². The molecule has 0 radical (unpaired) electrons. The van der Waals surface area contributed by atoms with Crippen LogP contribution < -0.4 is 10.6 Å². The number of nitrogens with two attached hydrogens (primary N) is 1. The Morgan fingerprint density at radius 3 is 2.50 bits per heavy atom. The minimum atomic E-state index is -0.0446. The smallest absolute Gasteiger partial charge is 0.254 e. The van der Waals surface area contributed by atoms with E-state index in [0.29, 0.717) is 26.2 Å². The molecule has 3 rings (SSSR count). The van der Waals surface area contributed by atoms with Gasteiger partial charge in [0.2, 0.25) is 0 Å². The minimum absolute atomic E-state index is 0.0446. The van der Waals surface area contributed by atoms with Crippen molar-refractivity contribution in [2.45, 2.75) is 13.0 Å². The highest BCUT2D eigenvalue weighted by molar-refractivity contribution is 5.94. The fraction of sp³-hybridized carbons (Fsp3) is 0.611. The van der Waals surface area contributed by atoms with Gasteiger partial charge in [0.25, 0.3) is 5.91 Å². The summed E-state index contributed by atoms with van der Waals surface area (Å²) in [7, 11) is 0. The van der Waals surface area contributed by atoms with Crippen LogP contribution in [0.15, 0.2) is 24.3 Å². The summed E-state index contributed by atoms with van der Waals surface area (Å²) in [5, 5.41) is 0. The van der Waals surface area contributed by atoms with Gasteiger partial charge in [-0.2, -0.15) is 0 Å². The zero-order chi connectivity index (χ0) is 16.9. The van der Waals surface area contributed by atoms with Crippen LogP contribution in [0, 0.1) is 0 Å². The van der Waals surface area contributed by atoms with E-state index in [1.165, 1.54) is 5.69 Å². The lowest BCUT2D eigenvalue weighted by Crippen LogP contribution is -2.48. The van der Waals surface area contributed by atoms with Gasteiger partial charge in [0.15, 0.2) is 0 Å². The molecule has 6 heteroatoms. The molecule has 2 aliphatic rings. The van der Waals surface area contributed by atoms with Crippen LogP contribution in [0.25, 0.3) is 0 Å². The molecule has 1 aromatic rings. The summed E-state index contributed by atoms with van der Waals surface area (Å²) in [5.74, 6) is 0.0686. The zero-order valence-electron chi connectivity index (χ0n) is 14.5. The third kappa shape index (κ3) is 3.88. The Labute approximate surface area is 144 Å². The molecule has 2 aliphatic heterocycles. The first-order valence-electron chi connectivity index (χ1n) is 8.89. The second kappa shape index (κ2) is 7.96. The number of rotatable bonds is 4. The summed E-state index contributed by atoms with van der Waals surface area (Å²) >= 11 is 0. The van der Waals surface area contributed by atoms with E-state index in [1.807, 2.05) is 17.0 Å². The van der Waals surface area contributed by atoms with Gasteiger partial charge in [0, 0.05) is 57.1 Å². The number of carbonyl (C=O) groups is 1. The van der Waals surface area contributed by atoms with Crippen molar-refractivity contribution in [3.63, 3.8) is 0 Å². The van der Waals surface area contributed by atoms with Gasteiger partial charge in [-0.25, -0.2) is 0 Å². The molecule has 0 aliphatic carbocycles. The maximum atomic E-state index is 12.6. The van der Waals surface area contributed by atoms with Crippen molar-refractivity contribution in [3.8, 4) is 0 Å². The number of benzene rings is 1. The Morgan fingerprint density at radius 2 is 1.88 bits per heavy atom. The molecule has 6 nitrogen and oxygen atoms in total.